The first-order valence-electron chi connectivity index (χ1n) is 5.65. The molecule has 78 valence electrons. The van der Waals surface area contributed by atoms with Gasteiger partial charge >= 0.3 is 0 Å². The van der Waals surface area contributed by atoms with Crippen molar-refractivity contribution >= 4 is 0 Å². The molecule has 0 radical (unpaired) electrons. The van der Waals surface area contributed by atoms with Crippen LogP contribution in [0.1, 0.15) is 40.0 Å². The van der Waals surface area contributed by atoms with Crippen molar-refractivity contribution < 1.29 is 0 Å². The summed E-state index contributed by atoms with van der Waals surface area (Å²) < 4.78 is 0. The normalized spacial score (nSPS) is 28.6. The molecule has 0 bridgehead atoms. The standard InChI is InChI=1S/C11H24N2/c1-9(2)8-12-7-6-11-5-4-10(3)13-11/h9-13H,4-8H2,1-3H3. The van der Waals surface area contributed by atoms with Crippen LogP contribution in [-0.4, -0.2) is 25.2 Å². The van der Waals surface area contributed by atoms with Gasteiger partial charge in [-0.05, 0) is 45.2 Å². The van der Waals surface area contributed by atoms with E-state index < -0.39 is 0 Å². The van der Waals surface area contributed by atoms with Gasteiger partial charge in [0.15, 0.2) is 0 Å². The molecular formula is C11H24N2. The Kier molecular flexibility index (Phi) is 4.74. The summed E-state index contributed by atoms with van der Waals surface area (Å²) in [5, 5.41) is 7.09. The van der Waals surface area contributed by atoms with E-state index in [2.05, 4.69) is 31.4 Å². The van der Waals surface area contributed by atoms with E-state index in [1.54, 1.807) is 0 Å². The highest BCUT2D eigenvalue weighted by Crippen LogP contribution is 2.13. The fourth-order valence-corrected chi connectivity index (χ4v) is 1.91. The smallest absolute Gasteiger partial charge is 0.00821 e. The Morgan fingerprint density at radius 3 is 2.69 bits per heavy atom. The summed E-state index contributed by atoms with van der Waals surface area (Å²) in [7, 11) is 0. The van der Waals surface area contributed by atoms with Crippen LogP contribution in [0.2, 0.25) is 0 Å². The number of hydrogen-bond acceptors (Lipinski definition) is 2. The van der Waals surface area contributed by atoms with Crippen LogP contribution in [0.5, 0.6) is 0 Å². The number of hydrogen-bond donors (Lipinski definition) is 2. The lowest BCUT2D eigenvalue weighted by atomic mass is 10.1. The average molecular weight is 184 g/mol. The second-order valence-electron chi connectivity index (χ2n) is 4.73. The van der Waals surface area contributed by atoms with Gasteiger partial charge in [0.25, 0.3) is 0 Å². The monoisotopic (exact) mass is 184 g/mol. The molecule has 0 saturated carbocycles. The van der Waals surface area contributed by atoms with Gasteiger partial charge < -0.3 is 10.6 Å². The van der Waals surface area contributed by atoms with Crippen LogP contribution in [0.4, 0.5) is 0 Å². The summed E-state index contributed by atoms with van der Waals surface area (Å²) in [5.74, 6) is 0.774. The molecule has 13 heavy (non-hydrogen) atoms. The first-order valence-corrected chi connectivity index (χ1v) is 5.65. The largest absolute Gasteiger partial charge is 0.316 e. The number of rotatable bonds is 5. The molecule has 2 atom stereocenters. The van der Waals surface area contributed by atoms with Crippen molar-refractivity contribution in [3.8, 4) is 0 Å². The van der Waals surface area contributed by atoms with Gasteiger partial charge in [0.05, 0.1) is 0 Å². The lowest BCUT2D eigenvalue weighted by Crippen LogP contribution is -2.31. The predicted octanol–water partition coefficient (Wildman–Crippen LogP) is 1.76. The molecule has 2 nitrogen and oxygen atoms in total. The summed E-state index contributed by atoms with van der Waals surface area (Å²) >= 11 is 0. The molecule has 1 saturated heterocycles. The Morgan fingerprint density at radius 1 is 1.38 bits per heavy atom. The van der Waals surface area contributed by atoms with Crippen molar-refractivity contribution in [2.24, 2.45) is 5.92 Å². The summed E-state index contributed by atoms with van der Waals surface area (Å²) in [6.45, 7) is 9.11. The van der Waals surface area contributed by atoms with Crippen molar-refractivity contribution in [2.75, 3.05) is 13.1 Å². The van der Waals surface area contributed by atoms with Gasteiger partial charge in [0.2, 0.25) is 0 Å². The van der Waals surface area contributed by atoms with E-state index in [0.717, 1.165) is 24.5 Å². The third-order valence-electron chi connectivity index (χ3n) is 2.69. The summed E-state index contributed by atoms with van der Waals surface area (Å²) in [6, 6.07) is 1.52. The van der Waals surface area contributed by atoms with Crippen LogP contribution in [-0.2, 0) is 0 Å². The minimum Gasteiger partial charge on any atom is -0.316 e. The Balaban J connectivity index is 1.94. The highest BCUT2D eigenvalue weighted by molar-refractivity contribution is 4.80. The Labute approximate surface area is 82.5 Å². The summed E-state index contributed by atoms with van der Waals surface area (Å²) in [5.41, 5.74) is 0. The Hall–Kier alpha value is -0.0800. The second kappa shape index (κ2) is 5.61. The molecule has 2 unspecified atom stereocenters. The Morgan fingerprint density at radius 2 is 2.15 bits per heavy atom. The highest BCUT2D eigenvalue weighted by Gasteiger charge is 2.18. The molecule has 1 aliphatic heterocycles. The molecule has 0 aromatic rings. The van der Waals surface area contributed by atoms with Gasteiger partial charge in [-0.3, -0.25) is 0 Å². The molecule has 0 spiro atoms. The predicted molar refractivity (Wildman–Crippen MR) is 57.9 cm³/mol. The fraction of sp³-hybridized carbons (Fsp3) is 1.00. The molecule has 2 N–H and O–H groups in total. The van der Waals surface area contributed by atoms with E-state index in [1.165, 1.54) is 25.8 Å². The maximum absolute atomic E-state index is 3.60. The molecule has 1 rings (SSSR count). The topological polar surface area (TPSA) is 24.1 Å². The molecule has 0 aromatic carbocycles. The summed E-state index contributed by atoms with van der Waals surface area (Å²) in [4.78, 5) is 0. The van der Waals surface area contributed by atoms with Gasteiger partial charge in [0, 0.05) is 12.1 Å². The molecule has 0 aromatic heterocycles. The van der Waals surface area contributed by atoms with Crippen molar-refractivity contribution in [3.63, 3.8) is 0 Å². The lowest BCUT2D eigenvalue weighted by Gasteiger charge is -2.12. The van der Waals surface area contributed by atoms with Crippen LogP contribution in [0.25, 0.3) is 0 Å². The SMILES string of the molecule is CC(C)CNCCC1CCC(C)N1. The van der Waals surface area contributed by atoms with Crippen LogP contribution < -0.4 is 10.6 Å². The zero-order chi connectivity index (χ0) is 9.68. The Bertz CT molecular complexity index is 134. The second-order valence-corrected chi connectivity index (χ2v) is 4.73. The maximum Gasteiger partial charge on any atom is 0.00821 e. The molecule has 2 heteroatoms. The van der Waals surface area contributed by atoms with Gasteiger partial charge in [0.1, 0.15) is 0 Å². The van der Waals surface area contributed by atoms with E-state index in [9.17, 15) is 0 Å². The van der Waals surface area contributed by atoms with E-state index in [0.29, 0.717) is 0 Å². The molecule has 1 heterocycles. The van der Waals surface area contributed by atoms with Gasteiger partial charge in [-0.1, -0.05) is 13.8 Å². The van der Waals surface area contributed by atoms with Crippen molar-refractivity contribution in [3.05, 3.63) is 0 Å². The van der Waals surface area contributed by atoms with E-state index >= 15 is 0 Å². The van der Waals surface area contributed by atoms with Crippen molar-refractivity contribution in [2.45, 2.75) is 52.1 Å². The quantitative estimate of drug-likeness (QED) is 0.636. The zero-order valence-electron chi connectivity index (χ0n) is 9.27. The van der Waals surface area contributed by atoms with Crippen molar-refractivity contribution in [1.29, 1.82) is 0 Å². The summed E-state index contributed by atoms with van der Waals surface area (Å²) in [6.07, 6.45) is 4.01. The van der Waals surface area contributed by atoms with Crippen LogP contribution in [0, 0.1) is 5.92 Å². The molecule has 1 aliphatic rings. The number of nitrogens with one attached hydrogen (secondary N) is 2. The van der Waals surface area contributed by atoms with Crippen LogP contribution in [0.15, 0.2) is 0 Å². The first kappa shape index (κ1) is 11.0. The van der Waals surface area contributed by atoms with E-state index in [4.69, 9.17) is 0 Å². The molecule has 0 aliphatic carbocycles. The maximum atomic E-state index is 3.60. The van der Waals surface area contributed by atoms with Crippen LogP contribution in [0.3, 0.4) is 0 Å². The van der Waals surface area contributed by atoms with Gasteiger partial charge in [-0.25, -0.2) is 0 Å². The van der Waals surface area contributed by atoms with Gasteiger partial charge in [-0.15, -0.1) is 0 Å². The average Bonchev–Trinajstić information content (AvgIpc) is 2.45. The minimum absolute atomic E-state index is 0.745. The first-order chi connectivity index (χ1) is 6.18. The molecule has 1 fully saturated rings. The minimum atomic E-state index is 0.745. The fourth-order valence-electron chi connectivity index (χ4n) is 1.91. The van der Waals surface area contributed by atoms with Crippen LogP contribution >= 0.6 is 0 Å². The lowest BCUT2D eigenvalue weighted by molar-refractivity contribution is 0.480. The third kappa shape index (κ3) is 4.63. The van der Waals surface area contributed by atoms with E-state index in [-0.39, 0.29) is 0 Å². The third-order valence-corrected chi connectivity index (χ3v) is 2.69. The van der Waals surface area contributed by atoms with E-state index in [1.807, 2.05) is 0 Å². The zero-order valence-corrected chi connectivity index (χ0v) is 9.27. The van der Waals surface area contributed by atoms with Crippen molar-refractivity contribution in [1.82, 2.24) is 10.6 Å². The van der Waals surface area contributed by atoms with Gasteiger partial charge in [-0.2, -0.15) is 0 Å². The molecular weight excluding hydrogens is 160 g/mol. The highest BCUT2D eigenvalue weighted by atomic mass is 15.0. The molecule has 0 amide bonds.